The first kappa shape index (κ1) is 11.4. The molecule has 0 saturated heterocycles. The van der Waals surface area contributed by atoms with Crippen LogP contribution >= 0.6 is 0 Å². The van der Waals surface area contributed by atoms with E-state index < -0.39 is 6.10 Å². The summed E-state index contributed by atoms with van der Waals surface area (Å²) in [6.45, 7) is 2.20. The third kappa shape index (κ3) is 2.15. The Balaban J connectivity index is 1.68. The zero-order valence-electron chi connectivity index (χ0n) is 10.4. The number of hydrogen-bond donors (Lipinski definition) is 1. The van der Waals surface area contributed by atoms with Crippen molar-refractivity contribution in [3.8, 4) is 0 Å². The van der Waals surface area contributed by atoms with E-state index in [4.69, 9.17) is 4.42 Å². The Bertz CT molecular complexity index is 548. The molecule has 2 heterocycles. The van der Waals surface area contributed by atoms with Crippen LogP contribution in [0.5, 0.6) is 0 Å². The molecule has 0 amide bonds. The molecule has 1 aliphatic rings. The lowest BCUT2D eigenvalue weighted by molar-refractivity contribution is 0.145. The second kappa shape index (κ2) is 4.20. The number of aromatic nitrogens is 4. The molecule has 0 aliphatic heterocycles. The van der Waals surface area contributed by atoms with Gasteiger partial charge in [0.1, 0.15) is 17.6 Å². The summed E-state index contributed by atoms with van der Waals surface area (Å²) in [5.74, 6) is 3.30. The van der Waals surface area contributed by atoms with E-state index in [-0.39, 0.29) is 0 Å². The van der Waals surface area contributed by atoms with Crippen LogP contribution in [0.25, 0.3) is 0 Å². The Morgan fingerprint density at radius 3 is 2.94 bits per heavy atom. The van der Waals surface area contributed by atoms with Crippen LogP contribution in [0.4, 0.5) is 0 Å². The molecule has 3 unspecified atom stereocenters. The topological polar surface area (TPSA) is 77.0 Å². The summed E-state index contributed by atoms with van der Waals surface area (Å²) in [5, 5.41) is 21.7. The van der Waals surface area contributed by atoms with Gasteiger partial charge in [-0.05, 0) is 29.7 Å². The monoisotopic (exact) mass is 248 g/mol. The third-order valence-electron chi connectivity index (χ3n) is 3.38. The van der Waals surface area contributed by atoms with Crippen LogP contribution in [0, 0.1) is 5.92 Å². The SMILES string of the molecule is CC1CC1c1ccc(C(O)Cc2nnn(C)n2)o1. The summed E-state index contributed by atoms with van der Waals surface area (Å²) < 4.78 is 5.69. The van der Waals surface area contributed by atoms with Gasteiger partial charge in [0, 0.05) is 12.3 Å². The lowest BCUT2D eigenvalue weighted by atomic mass is 10.2. The molecule has 0 aromatic carbocycles. The molecule has 1 N–H and O–H groups in total. The van der Waals surface area contributed by atoms with E-state index in [1.54, 1.807) is 7.05 Å². The van der Waals surface area contributed by atoms with Crippen molar-refractivity contribution in [3.63, 3.8) is 0 Å². The standard InChI is InChI=1S/C12H16N4O2/c1-7-5-8(7)10-3-4-11(18-10)9(17)6-12-13-15-16(2)14-12/h3-4,7-9,17H,5-6H2,1-2H3. The molecule has 1 saturated carbocycles. The van der Waals surface area contributed by atoms with Crippen LogP contribution < -0.4 is 0 Å². The molecule has 0 bridgehead atoms. The molecule has 0 radical (unpaired) electrons. The van der Waals surface area contributed by atoms with Gasteiger partial charge in [0.05, 0.1) is 7.05 Å². The van der Waals surface area contributed by atoms with E-state index in [0.29, 0.717) is 29.8 Å². The van der Waals surface area contributed by atoms with Crippen LogP contribution in [0.3, 0.4) is 0 Å². The van der Waals surface area contributed by atoms with Gasteiger partial charge in [-0.1, -0.05) is 6.92 Å². The third-order valence-corrected chi connectivity index (χ3v) is 3.38. The molecular formula is C12H16N4O2. The summed E-state index contributed by atoms with van der Waals surface area (Å²) in [7, 11) is 1.70. The Morgan fingerprint density at radius 1 is 1.56 bits per heavy atom. The number of tetrazole rings is 1. The Hall–Kier alpha value is -1.69. The van der Waals surface area contributed by atoms with E-state index in [1.807, 2.05) is 12.1 Å². The molecule has 0 spiro atoms. The van der Waals surface area contributed by atoms with E-state index >= 15 is 0 Å². The number of furan rings is 1. The molecule has 96 valence electrons. The Kier molecular flexibility index (Phi) is 2.66. The first-order chi connectivity index (χ1) is 8.63. The lowest BCUT2D eigenvalue weighted by Crippen LogP contribution is -2.02. The van der Waals surface area contributed by atoms with Crippen LogP contribution in [-0.2, 0) is 13.5 Å². The summed E-state index contributed by atoms with van der Waals surface area (Å²) in [4.78, 5) is 1.38. The summed E-state index contributed by atoms with van der Waals surface area (Å²) in [5.41, 5.74) is 0. The highest BCUT2D eigenvalue weighted by Gasteiger charge is 2.36. The maximum absolute atomic E-state index is 10.1. The quantitative estimate of drug-likeness (QED) is 0.879. The van der Waals surface area contributed by atoms with Crippen LogP contribution in [0.1, 0.15) is 42.7 Å². The maximum atomic E-state index is 10.1. The van der Waals surface area contributed by atoms with Gasteiger partial charge in [-0.3, -0.25) is 0 Å². The zero-order valence-corrected chi connectivity index (χ0v) is 10.4. The van der Waals surface area contributed by atoms with Crippen molar-refractivity contribution < 1.29 is 9.52 Å². The van der Waals surface area contributed by atoms with Crippen LogP contribution in [0.15, 0.2) is 16.5 Å². The predicted octanol–water partition coefficient (Wildman–Crippen LogP) is 1.20. The van der Waals surface area contributed by atoms with E-state index in [2.05, 4.69) is 22.3 Å². The molecule has 3 rings (SSSR count). The minimum absolute atomic E-state index is 0.320. The molecule has 1 fully saturated rings. The molecular weight excluding hydrogens is 232 g/mol. The number of hydrogen-bond acceptors (Lipinski definition) is 5. The number of aliphatic hydroxyl groups is 1. The highest BCUT2D eigenvalue weighted by Crippen LogP contribution is 2.47. The van der Waals surface area contributed by atoms with Crippen molar-refractivity contribution in [2.24, 2.45) is 13.0 Å². The second-order valence-corrected chi connectivity index (χ2v) is 4.97. The first-order valence-electron chi connectivity index (χ1n) is 6.14. The molecule has 6 nitrogen and oxygen atoms in total. The minimum Gasteiger partial charge on any atom is -0.463 e. The van der Waals surface area contributed by atoms with Gasteiger partial charge in [0.25, 0.3) is 0 Å². The van der Waals surface area contributed by atoms with Crippen molar-refractivity contribution in [2.75, 3.05) is 0 Å². The average molecular weight is 248 g/mol. The van der Waals surface area contributed by atoms with Crippen LogP contribution in [0.2, 0.25) is 0 Å². The van der Waals surface area contributed by atoms with Gasteiger partial charge in [-0.2, -0.15) is 4.80 Å². The van der Waals surface area contributed by atoms with Gasteiger partial charge in [0.15, 0.2) is 5.82 Å². The number of aliphatic hydroxyl groups excluding tert-OH is 1. The highest BCUT2D eigenvalue weighted by atomic mass is 16.4. The second-order valence-electron chi connectivity index (χ2n) is 4.97. The van der Waals surface area contributed by atoms with Crippen molar-refractivity contribution in [1.29, 1.82) is 0 Å². The molecule has 6 heteroatoms. The van der Waals surface area contributed by atoms with Crippen molar-refractivity contribution in [3.05, 3.63) is 29.5 Å². The smallest absolute Gasteiger partial charge is 0.177 e. The highest BCUT2D eigenvalue weighted by molar-refractivity contribution is 5.19. The number of aryl methyl sites for hydroxylation is 1. The molecule has 2 aromatic heterocycles. The zero-order chi connectivity index (χ0) is 12.7. The lowest BCUT2D eigenvalue weighted by Gasteiger charge is -2.04. The number of rotatable bonds is 4. The van der Waals surface area contributed by atoms with Crippen molar-refractivity contribution >= 4 is 0 Å². The summed E-state index contributed by atoms with van der Waals surface area (Å²) >= 11 is 0. The van der Waals surface area contributed by atoms with Gasteiger partial charge >= 0.3 is 0 Å². The van der Waals surface area contributed by atoms with E-state index in [1.165, 1.54) is 11.2 Å². The fourth-order valence-corrected chi connectivity index (χ4v) is 2.14. The fourth-order valence-electron chi connectivity index (χ4n) is 2.14. The first-order valence-corrected chi connectivity index (χ1v) is 6.14. The Labute approximate surface area is 105 Å². The van der Waals surface area contributed by atoms with Crippen LogP contribution in [-0.4, -0.2) is 25.3 Å². The largest absolute Gasteiger partial charge is 0.463 e. The molecule has 2 aromatic rings. The van der Waals surface area contributed by atoms with Gasteiger partial charge in [0.2, 0.25) is 0 Å². The maximum Gasteiger partial charge on any atom is 0.177 e. The van der Waals surface area contributed by atoms with Gasteiger partial charge < -0.3 is 9.52 Å². The number of nitrogens with zero attached hydrogens (tertiary/aromatic N) is 4. The molecule has 3 atom stereocenters. The minimum atomic E-state index is -0.711. The molecule has 18 heavy (non-hydrogen) atoms. The van der Waals surface area contributed by atoms with Crippen molar-refractivity contribution in [2.45, 2.75) is 31.8 Å². The van der Waals surface area contributed by atoms with Gasteiger partial charge in [-0.15, -0.1) is 10.2 Å². The van der Waals surface area contributed by atoms with Gasteiger partial charge in [-0.25, -0.2) is 0 Å². The Morgan fingerprint density at radius 2 is 2.33 bits per heavy atom. The fraction of sp³-hybridized carbons (Fsp3) is 0.583. The summed E-state index contributed by atoms with van der Waals surface area (Å²) in [6, 6.07) is 3.79. The van der Waals surface area contributed by atoms with E-state index in [9.17, 15) is 5.11 Å². The predicted molar refractivity (Wildman–Crippen MR) is 62.7 cm³/mol. The molecule has 1 aliphatic carbocycles. The normalized spacial score (nSPS) is 24.2. The average Bonchev–Trinajstić information content (AvgIpc) is 2.79. The van der Waals surface area contributed by atoms with Crippen molar-refractivity contribution in [1.82, 2.24) is 20.2 Å². The summed E-state index contributed by atoms with van der Waals surface area (Å²) in [6.07, 6.45) is 0.785. The van der Waals surface area contributed by atoms with E-state index in [0.717, 1.165) is 5.76 Å².